The van der Waals surface area contributed by atoms with E-state index in [1.54, 1.807) is 0 Å². The van der Waals surface area contributed by atoms with Gasteiger partial charge in [-0.15, -0.1) is 0 Å². The van der Waals surface area contributed by atoms with E-state index in [1.807, 2.05) is 0 Å². The number of carbonyl (C=O) groups is 1. The van der Waals surface area contributed by atoms with E-state index in [1.165, 1.54) is 6.42 Å². The van der Waals surface area contributed by atoms with Crippen LogP contribution in [0.15, 0.2) is 24.5 Å². The van der Waals surface area contributed by atoms with Crippen molar-refractivity contribution in [3.8, 4) is 0 Å². The molecule has 0 radical (unpaired) electrons. The molecular formula is C15H22N2O. The summed E-state index contributed by atoms with van der Waals surface area (Å²) in [6.45, 7) is 3.99. The highest BCUT2D eigenvalue weighted by Gasteiger charge is 2.42. The first-order valence-electron chi connectivity index (χ1n) is 7.11. The predicted octanol–water partition coefficient (Wildman–Crippen LogP) is 2.84. The summed E-state index contributed by atoms with van der Waals surface area (Å²) in [5, 5.41) is 0. The van der Waals surface area contributed by atoms with Crippen LogP contribution >= 0.6 is 0 Å². The van der Waals surface area contributed by atoms with Crippen LogP contribution in [0.25, 0.3) is 0 Å². The van der Waals surface area contributed by atoms with E-state index in [9.17, 15) is 4.79 Å². The molecule has 0 bridgehead atoms. The second-order valence-electron chi connectivity index (χ2n) is 6.07. The van der Waals surface area contributed by atoms with Crippen LogP contribution < -0.4 is 0 Å². The summed E-state index contributed by atoms with van der Waals surface area (Å²) in [5.74, 6) is 0.403. The number of amides is 1. The van der Waals surface area contributed by atoms with Gasteiger partial charge in [0.1, 0.15) is 0 Å². The molecule has 1 saturated carbocycles. The minimum Gasteiger partial charge on any atom is -0.351 e. The number of carbonyl (C=O) groups excluding carboxylic acids is 1. The van der Waals surface area contributed by atoms with Crippen LogP contribution in [0.3, 0.4) is 0 Å². The van der Waals surface area contributed by atoms with E-state index in [2.05, 4.69) is 40.9 Å². The van der Waals surface area contributed by atoms with Crippen LogP contribution in [0.5, 0.6) is 0 Å². The second kappa shape index (κ2) is 4.45. The van der Waals surface area contributed by atoms with Crippen molar-refractivity contribution < 1.29 is 4.79 Å². The van der Waals surface area contributed by atoms with Crippen LogP contribution in [0.2, 0.25) is 0 Å². The Balaban J connectivity index is 1.58. The van der Waals surface area contributed by atoms with Crippen molar-refractivity contribution in [3.05, 3.63) is 24.5 Å². The Morgan fingerprint density at radius 2 is 1.78 bits per heavy atom. The fraction of sp³-hybridized carbons (Fsp3) is 0.667. The van der Waals surface area contributed by atoms with Gasteiger partial charge in [0.15, 0.2) is 0 Å². The van der Waals surface area contributed by atoms with Gasteiger partial charge in [0.2, 0.25) is 5.91 Å². The third-order valence-corrected chi connectivity index (χ3v) is 4.77. The summed E-state index contributed by atoms with van der Waals surface area (Å²) < 4.78 is 2.28. The van der Waals surface area contributed by atoms with E-state index in [-0.39, 0.29) is 5.41 Å². The van der Waals surface area contributed by atoms with Gasteiger partial charge in [0.05, 0.1) is 0 Å². The van der Waals surface area contributed by atoms with Crippen molar-refractivity contribution in [3.63, 3.8) is 0 Å². The first-order chi connectivity index (χ1) is 8.69. The summed E-state index contributed by atoms with van der Waals surface area (Å²) in [4.78, 5) is 14.5. The van der Waals surface area contributed by atoms with Gasteiger partial charge >= 0.3 is 0 Å². The second-order valence-corrected chi connectivity index (χ2v) is 6.07. The molecule has 0 aromatic carbocycles. The molecule has 0 unspecified atom stereocenters. The lowest BCUT2D eigenvalue weighted by molar-refractivity contribution is -0.147. The molecule has 1 aliphatic carbocycles. The topological polar surface area (TPSA) is 25.2 Å². The monoisotopic (exact) mass is 246 g/mol. The minimum absolute atomic E-state index is 0.0275. The van der Waals surface area contributed by atoms with E-state index in [0.29, 0.717) is 11.9 Å². The molecule has 1 amide bonds. The van der Waals surface area contributed by atoms with Crippen molar-refractivity contribution in [1.29, 1.82) is 0 Å². The molecule has 2 fully saturated rings. The average Bonchev–Trinajstić information content (AvgIpc) is 2.89. The van der Waals surface area contributed by atoms with Gasteiger partial charge in [-0.05, 0) is 37.8 Å². The zero-order valence-electron chi connectivity index (χ0n) is 11.1. The van der Waals surface area contributed by atoms with Gasteiger partial charge in [-0.2, -0.15) is 0 Å². The number of aromatic nitrogens is 1. The minimum atomic E-state index is -0.0275. The molecule has 0 spiro atoms. The van der Waals surface area contributed by atoms with Crippen molar-refractivity contribution in [1.82, 2.24) is 9.47 Å². The predicted molar refractivity (Wildman–Crippen MR) is 71.2 cm³/mol. The fourth-order valence-corrected chi connectivity index (χ4v) is 3.26. The van der Waals surface area contributed by atoms with E-state index in [4.69, 9.17) is 0 Å². The Labute approximate surface area is 109 Å². The SMILES string of the molecule is CC1(C(=O)N2CCC(n3cccc3)CC2)CCC1. The van der Waals surface area contributed by atoms with Gasteiger partial charge < -0.3 is 9.47 Å². The number of likely N-dealkylation sites (tertiary alicyclic amines) is 1. The smallest absolute Gasteiger partial charge is 0.228 e. The lowest BCUT2D eigenvalue weighted by Gasteiger charge is -2.43. The van der Waals surface area contributed by atoms with Crippen molar-refractivity contribution in [2.45, 2.75) is 45.1 Å². The molecule has 0 N–H and O–H groups in total. The third-order valence-electron chi connectivity index (χ3n) is 4.77. The molecule has 18 heavy (non-hydrogen) atoms. The Morgan fingerprint density at radius 1 is 1.17 bits per heavy atom. The van der Waals surface area contributed by atoms with Crippen LogP contribution in [0.1, 0.15) is 45.1 Å². The zero-order valence-corrected chi connectivity index (χ0v) is 11.1. The molecule has 3 heteroatoms. The van der Waals surface area contributed by atoms with Crippen LogP contribution in [0.4, 0.5) is 0 Å². The molecule has 3 rings (SSSR count). The average molecular weight is 246 g/mol. The fourth-order valence-electron chi connectivity index (χ4n) is 3.26. The molecule has 98 valence electrons. The summed E-state index contributed by atoms with van der Waals surface area (Å²) in [6, 6.07) is 4.73. The van der Waals surface area contributed by atoms with Gasteiger partial charge in [-0.3, -0.25) is 4.79 Å². The summed E-state index contributed by atoms with van der Waals surface area (Å²) >= 11 is 0. The lowest BCUT2D eigenvalue weighted by atomic mass is 9.69. The van der Waals surface area contributed by atoms with Gasteiger partial charge in [0.25, 0.3) is 0 Å². The Hall–Kier alpha value is -1.25. The summed E-state index contributed by atoms with van der Waals surface area (Å²) in [5.41, 5.74) is -0.0275. The zero-order chi connectivity index (χ0) is 12.6. The normalized spacial score (nSPS) is 23.7. The van der Waals surface area contributed by atoms with Crippen molar-refractivity contribution in [2.24, 2.45) is 5.41 Å². The van der Waals surface area contributed by atoms with Crippen LogP contribution in [-0.2, 0) is 4.79 Å². The number of nitrogens with zero attached hydrogens (tertiary/aromatic N) is 2. The standard InChI is InChI=1S/C15H22N2O/c1-15(7-4-8-15)14(18)17-11-5-13(6-12-17)16-9-2-3-10-16/h2-3,9-10,13H,4-8,11-12H2,1H3. The number of hydrogen-bond donors (Lipinski definition) is 0. The molecule has 1 aromatic heterocycles. The Kier molecular flexibility index (Phi) is 2.92. The van der Waals surface area contributed by atoms with E-state index in [0.717, 1.165) is 38.8 Å². The lowest BCUT2D eigenvalue weighted by Crippen LogP contribution is -2.49. The molecule has 2 aliphatic rings. The molecule has 3 nitrogen and oxygen atoms in total. The number of hydrogen-bond acceptors (Lipinski definition) is 1. The summed E-state index contributed by atoms with van der Waals surface area (Å²) in [7, 11) is 0. The molecule has 1 saturated heterocycles. The highest BCUT2D eigenvalue weighted by molar-refractivity contribution is 5.83. The molecule has 1 aromatic rings. The molecule has 2 heterocycles. The highest BCUT2D eigenvalue weighted by atomic mass is 16.2. The van der Waals surface area contributed by atoms with Crippen molar-refractivity contribution >= 4 is 5.91 Å². The maximum absolute atomic E-state index is 12.4. The first kappa shape index (κ1) is 11.8. The van der Waals surface area contributed by atoms with Crippen LogP contribution in [0, 0.1) is 5.41 Å². The largest absolute Gasteiger partial charge is 0.351 e. The first-order valence-corrected chi connectivity index (χ1v) is 7.11. The number of rotatable bonds is 2. The molecule has 0 atom stereocenters. The molecule has 1 aliphatic heterocycles. The van der Waals surface area contributed by atoms with Crippen molar-refractivity contribution in [2.75, 3.05) is 13.1 Å². The quantitative estimate of drug-likeness (QED) is 0.787. The van der Waals surface area contributed by atoms with Gasteiger partial charge in [0, 0.05) is 36.9 Å². The van der Waals surface area contributed by atoms with Crippen LogP contribution in [-0.4, -0.2) is 28.5 Å². The third kappa shape index (κ3) is 1.96. The van der Waals surface area contributed by atoms with E-state index < -0.39 is 0 Å². The Morgan fingerprint density at radius 3 is 2.28 bits per heavy atom. The maximum atomic E-state index is 12.4. The van der Waals surface area contributed by atoms with Gasteiger partial charge in [-0.1, -0.05) is 13.3 Å². The molecular weight excluding hydrogens is 224 g/mol. The van der Waals surface area contributed by atoms with Gasteiger partial charge in [-0.25, -0.2) is 0 Å². The highest BCUT2D eigenvalue weighted by Crippen LogP contribution is 2.42. The van der Waals surface area contributed by atoms with E-state index >= 15 is 0 Å². The Bertz CT molecular complexity index is 412. The number of piperidine rings is 1. The maximum Gasteiger partial charge on any atom is 0.228 e. The summed E-state index contributed by atoms with van der Waals surface area (Å²) in [6.07, 6.45) is 9.85.